The average molecular weight is 290 g/mol. The van der Waals surface area contributed by atoms with Gasteiger partial charge < -0.3 is 20.1 Å². The van der Waals surface area contributed by atoms with Gasteiger partial charge in [-0.05, 0) is 0 Å². The Morgan fingerprint density at radius 2 is 2.26 bits per heavy atom. The Kier molecular flexibility index (Phi) is 6.65. The van der Waals surface area contributed by atoms with Crippen molar-refractivity contribution in [2.45, 2.75) is 12.5 Å². The molecule has 1 saturated heterocycles. The number of methoxy groups -OCH3 is 1. The molecule has 2 N–H and O–H groups in total. The van der Waals surface area contributed by atoms with E-state index in [1.165, 1.54) is 0 Å². The van der Waals surface area contributed by atoms with Gasteiger partial charge in [-0.15, -0.1) is 11.8 Å². The number of carboxylic acids is 1. The summed E-state index contributed by atoms with van der Waals surface area (Å²) in [5, 5.41) is 11.1. The fraction of sp³-hybridized carbons (Fsp3) is 0.727. The van der Waals surface area contributed by atoms with Gasteiger partial charge in [-0.25, -0.2) is 0 Å². The molecule has 108 valence electrons. The Morgan fingerprint density at radius 3 is 2.84 bits per heavy atom. The summed E-state index contributed by atoms with van der Waals surface area (Å²) >= 11 is 1.04. The first-order valence-corrected chi connectivity index (χ1v) is 7.05. The van der Waals surface area contributed by atoms with Gasteiger partial charge in [0.1, 0.15) is 0 Å². The number of rotatable bonds is 8. The molecule has 0 aromatic heterocycles. The molecule has 0 aromatic rings. The highest BCUT2D eigenvalue weighted by Crippen LogP contribution is 2.12. The zero-order valence-electron chi connectivity index (χ0n) is 10.8. The van der Waals surface area contributed by atoms with Crippen LogP contribution in [-0.4, -0.2) is 72.1 Å². The number of carboxylic acid groups (broad SMARTS) is 1. The van der Waals surface area contributed by atoms with Crippen LogP contribution in [0.15, 0.2) is 0 Å². The number of hydrogen-bond acceptors (Lipinski definition) is 5. The van der Waals surface area contributed by atoms with E-state index in [2.05, 4.69) is 5.32 Å². The smallest absolute Gasteiger partial charge is 0.313 e. The maximum Gasteiger partial charge on any atom is 0.313 e. The van der Waals surface area contributed by atoms with Crippen LogP contribution in [-0.2, 0) is 19.1 Å². The van der Waals surface area contributed by atoms with Crippen molar-refractivity contribution in [3.8, 4) is 0 Å². The maximum absolute atomic E-state index is 11.5. The predicted octanol–water partition coefficient (Wildman–Crippen LogP) is -0.832. The van der Waals surface area contributed by atoms with Crippen LogP contribution in [0.2, 0.25) is 0 Å². The molecule has 0 aromatic carbocycles. The molecular formula is C11H18N2O5S. The molecule has 0 radical (unpaired) electrons. The van der Waals surface area contributed by atoms with E-state index in [-0.39, 0.29) is 29.4 Å². The molecule has 1 atom stereocenters. The van der Waals surface area contributed by atoms with Gasteiger partial charge in [0.2, 0.25) is 11.8 Å². The number of aliphatic carboxylic acids is 1. The van der Waals surface area contributed by atoms with Gasteiger partial charge in [0, 0.05) is 26.7 Å². The topological polar surface area (TPSA) is 95.9 Å². The highest BCUT2D eigenvalue weighted by Gasteiger charge is 2.28. The van der Waals surface area contributed by atoms with E-state index in [0.29, 0.717) is 26.1 Å². The fourth-order valence-corrected chi connectivity index (χ4v) is 2.29. The molecule has 1 aliphatic rings. The number of amides is 2. The lowest BCUT2D eigenvalue weighted by atomic mass is 10.3. The van der Waals surface area contributed by atoms with Crippen LogP contribution in [0.5, 0.6) is 0 Å². The molecule has 1 rings (SSSR count). The second-order valence-corrected chi connectivity index (χ2v) is 5.12. The minimum absolute atomic E-state index is 0.0290. The van der Waals surface area contributed by atoms with Crippen molar-refractivity contribution in [1.82, 2.24) is 10.2 Å². The number of carbonyl (C=O) groups excluding carboxylic acids is 2. The van der Waals surface area contributed by atoms with Crippen LogP contribution in [0, 0.1) is 0 Å². The third-order valence-electron chi connectivity index (χ3n) is 2.67. The van der Waals surface area contributed by atoms with Crippen LogP contribution in [0.1, 0.15) is 6.42 Å². The lowest BCUT2D eigenvalue weighted by molar-refractivity contribution is -0.134. The summed E-state index contributed by atoms with van der Waals surface area (Å²) < 4.78 is 5.11. The third kappa shape index (κ3) is 5.93. The van der Waals surface area contributed by atoms with Crippen molar-refractivity contribution in [2.24, 2.45) is 0 Å². The zero-order chi connectivity index (χ0) is 14.3. The largest absolute Gasteiger partial charge is 0.481 e. The Hall–Kier alpha value is -1.28. The molecule has 1 heterocycles. The van der Waals surface area contributed by atoms with Crippen molar-refractivity contribution in [3.05, 3.63) is 0 Å². The number of hydrogen-bond donors (Lipinski definition) is 2. The number of ether oxygens (including phenoxy) is 1. The lowest BCUT2D eigenvalue weighted by Crippen LogP contribution is -2.36. The van der Waals surface area contributed by atoms with Crippen LogP contribution in [0.25, 0.3) is 0 Å². The Balaban J connectivity index is 2.11. The Morgan fingerprint density at radius 1 is 1.53 bits per heavy atom. The molecule has 0 bridgehead atoms. The van der Waals surface area contributed by atoms with E-state index in [0.717, 1.165) is 11.8 Å². The van der Waals surface area contributed by atoms with E-state index in [1.807, 2.05) is 0 Å². The molecule has 0 saturated carbocycles. The number of carbonyl (C=O) groups is 3. The summed E-state index contributed by atoms with van der Waals surface area (Å²) in [4.78, 5) is 34.8. The quantitative estimate of drug-likeness (QED) is 0.605. The van der Waals surface area contributed by atoms with Crippen LogP contribution >= 0.6 is 11.8 Å². The predicted molar refractivity (Wildman–Crippen MR) is 70.0 cm³/mol. The molecule has 1 fully saturated rings. The minimum atomic E-state index is -0.939. The lowest BCUT2D eigenvalue weighted by Gasteiger charge is -2.16. The van der Waals surface area contributed by atoms with Crippen molar-refractivity contribution in [1.29, 1.82) is 0 Å². The molecule has 0 spiro atoms. The molecule has 0 aliphatic carbocycles. The van der Waals surface area contributed by atoms with E-state index in [4.69, 9.17) is 9.84 Å². The third-order valence-corrected chi connectivity index (χ3v) is 3.59. The van der Waals surface area contributed by atoms with Gasteiger partial charge in [0.25, 0.3) is 0 Å². The molecule has 2 amide bonds. The van der Waals surface area contributed by atoms with Gasteiger partial charge in [-0.2, -0.15) is 0 Å². The first-order valence-electron chi connectivity index (χ1n) is 5.89. The molecular weight excluding hydrogens is 272 g/mol. The SMILES string of the molecule is CO[C@H]1CC(=O)N(CCNC(=O)CSCC(=O)O)C1. The first-order chi connectivity index (χ1) is 9.02. The molecule has 19 heavy (non-hydrogen) atoms. The number of nitrogens with one attached hydrogen (secondary N) is 1. The summed E-state index contributed by atoms with van der Waals surface area (Å²) in [7, 11) is 1.57. The van der Waals surface area contributed by atoms with Crippen LogP contribution in [0.4, 0.5) is 0 Å². The van der Waals surface area contributed by atoms with E-state index < -0.39 is 5.97 Å². The van der Waals surface area contributed by atoms with Gasteiger partial charge in [-0.3, -0.25) is 14.4 Å². The maximum atomic E-state index is 11.5. The van der Waals surface area contributed by atoms with Crippen molar-refractivity contribution < 1.29 is 24.2 Å². The summed E-state index contributed by atoms with van der Waals surface area (Å²) in [5.41, 5.74) is 0. The normalized spacial score (nSPS) is 18.7. The van der Waals surface area contributed by atoms with Gasteiger partial charge in [0.05, 0.1) is 24.0 Å². The average Bonchev–Trinajstić information content (AvgIpc) is 2.70. The summed E-state index contributed by atoms with van der Waals surface area (Å²) in [6, 6.07) is 0. The first kappa shape index (κ1) is 15.8. The van der Waals surface area contributed by atoms with Gasteiger partial charge in [0.15, 0.2) is 0 Å². The number of likely N-dealkylation sites (tertiary alicyclic amines) is 1. The molecule has 7 nitrogen and oxygen atoms in total. The van der Waals surface area contributed by atoms with Crippen molar-refractivity contribution in [3.63, 3.8) is 0 Å². The minimum Gasteiger partial charge on any atom is -0.481 e. The van der Waals surface area contributed by atoms with Gasteiger partial charge in [-0.1, -0.05) is 0 Å². The van der Waals surface area contributed by atoms with E-state index in [1.54, 1.807) is 12.0 Å². The highest BCUT2D eigenvalue weighted by atomic mass is 32.2. The summed E-state index contributed by atoms with van der Waals surface area (Å²) in [6.07, 6.45) is 0.327. The van der Waals surface area contributed by atoms with Gasteiger partial charge >= 0.3 is 5.97 Å². The Labute approximate surface area is 115 Å². The molecule has 8 heteroatoms. The monoisotopic (exact) mass is 290 g/mol. The van der Waals surface area contributed by atoms with E-state index in [9.17, 15) is 14.4 Å². The van der Waals surface area contributed by atoms with Crippen molar-refractivity contribution >= 4 is 29.5 Å². The fourth-order valence-electron chi connectivity index (χ4n) is 1.72. The highest BCUT2D eigenvalue weighted by molar-refractivity contribution is 8.00. The summed E-state index contributed by atoms with van der Waals surface area (Å²) in [5.74, 6) is -1.11. The van der Waals surface area contributed by atoms with Crippen molar-refractivity contribution in [2.75, 3.05) is 38.2 Å². The standard InChI is InChI=1S/C11H18N2O5S/c1-18-8-4-10(15)13(5-8)3-2-12-9(14)6-19-7-11(16)17/h8H,2-7H2,1H3,(H,12,14)(H,16,17)/t8-/m0/s1. The second kappa shape index (κ2) is 8.00. The zero-order valence-corrected chi connectivity index (χ0v) is 11.6. The summed E-state index contributed by atoms with van der Waals surface area (Å²) in [6.45, 7) is 1.38. The molecule has 1 aliphatic heterocycles. The second-order valence-electron chi connectivity index (χ2n) is 4.14. The Bertz CT molecular complexity index is 350. The van der Waals surface area contributed by atoms with Crippen LogP contribution in [0.3, 0.4) is 0 Å². The van der Waals surface area contributed by atoms with Crippen LogP contribution < -0.4 is 5.32 Å². The molecule has 0 unspecified atom stereocenters. The van der Waals surface area contributed by atoms with E-state index >= 15 is 0 Å². The number of thioether (sulfide) groups is 1. The number of nitrogens with zero attached hydrogens (tertiary/aromatic N) is 1.